The summed E-state index contributed by atoms with van der Waals surface area (Å²) in [5, 5.41) is 8.54. The standard InChI is InChI=1S/C10H19NO6S2/c12-8-10(2-4-17-5-3-10)11-19(15,16)9-1-6-18(13,14)7-9/h9,11-12H,1-8H2. The summed E-state index contributed by atoms with van der Waals surface area (Å²) in [5.74, 6) is -0.422. The topological polar surface area (TPSA) is 110 Å². The Morgan fingerprint density at radius 2 is 1.95 bits per heavy atom. The van der Waals surface area contributed by atoms with Crippen LogP contribution in [0.15, 0.2) is 0 Å². The molecule has 19 heavy (non-hydrogen) atoms. The normalized spacial score (nSPS) is 30.3. The number of sulfonamides is 1. The van der Waals surface area contributed by atoms with Gasteiger partial charge in [-0.25, -0.2) is 21.6 Å². The Hall–Kier alpha value is -0.220. The van der Waals surface area contributed by atoms with Crippen molar-refractivity contribution in [2.75, 3.05) is 31.3 Å². The summed E-state index contributed by atoms with van der Waals surface area (Å²) in [7, 11) is -7.00. The number of rotatable bonds is 4. The van der Waals surface area contributed by atoms with E-state index >= 15 is 0 Å². The van der Waals surface area contributed by atoms with Crippen molar-refractivity contribution in [3.05, 3.63) is 0 Å². The summed E-state index contributed by atoms with van der Waals surface area (Å²) in [6.45, 7) is 0.452. The molecule has 0 aromatic rings. The molecule has 2 rings (SSSR count). The Balaban J connectivity index is 2.12. The van der Waals surface area contributed by atoms with Crippen molar-refractivity contribution in [3.8, 4) is 0 Å². The van der Waals surface area contributed by atoms with Crippen LogP contribution in [-0.2, 0) is 24.6 Å². The summed E-state index contributed by atoms with van der Waals surface area (Å²) >= 11 is 0. The second-order valence-electron chi connectivity index (χ2n) is 5.22. The first-order chi connectivity index (χ1) is 8.79. The zero-order valence-corrected chi connectivity index (χ0v) is 12.2. The molecule has 112 valence electrons. The molecular weight excluding hydrogens is 294 g/mol. The van der Waals surface area contributed by atoms with Crippen molar-refractivity contribution in [2.45, 2.75) is 30.1 Å². The highest BCUT2D eigenvalue weighted by molar-refractivity contribution is 7.95. The minimum absolute atomic E-state index is 0.0895. The van der Waals surface area contributed by atoms with Crippen LogP contribution >= 0.6 is 0 Å². The van der Waals surface area contributed by atoms with Crippen molar-refractivity contribution < 1.29 is 26.7 Å². The van der Waals surface area contributed by atoms with E-state index in [0.717, 1.165) is 0 Å². The molecule has 0 amide bonds. The van der Waals surface area contributed by atoms with Gasteiger partial charge in [-0.1, -0.05) is 0 Å². The first-order valence-corrected chi connectivity index (χ1v) is 9.57. The maximum absolute atomic E-state index is 12.2. The van der Waals surface area contributed by atoms with Gasteiger partial charge < -0.3 is 9.84 Å². The van der Waals surface area contributed by atoms with Crippen LogP contribution in [-0.4, -0.2) is 64.1 Å². The molecule has 2 N–H and O–H groups in total. The zero-order chi connectivity index (χ0) is 14.1. The van der Waals surface area contributed by atoms with Crippen molar-refractivity contribution in [3.63, 3.8) is 0 Å². The van der Waals surface area contributed by atoms with Crippen LogP contribution in [0.2, 0.25) is 0 Å². The highest BCUT2D eigenvalue weighted by Crippen LogP contribution is 2.25. The number of aliphatic hydroxyl groups is 1. The molecule has 2 aliphatic rings. The lowest BCUT2D eigenvalue weighted by molar-refractivity contribution is 0.0222. The fraction of sp³-hybridized carbons (Fsp3) is 1.00. The largest absolute Gasteiger partial charge is 0.394 e. The molecule has 1 atom stereocenters. The van der Waals surface area contributed by atoms with Crippen LogP contribution < -0.4 is 4.72 Å². The minimum Gasteiger partial charge on any atom is -0.394 e. The minimum atomic E-state index is -3.75. The van der Waals surface area contributed by atoms with E-state index in [0.29, 0.717) is 26.1 Å². The maximum atomic E-state index is 12.2. The molecule has 2 aliphatic heterocycles. The van der Waals surface area contributed by atoms with Crippen molar-refractivity contribution in [1.29, 1.82) is 0 Å². The van der Waals surface area contributed by atoms with Gasteiger partial charge in [0.15, 0.2) is 9.84 Å². The van der Waals surface area contributed by atoms with Crippen molar-refractivity contribution in [1.82, 2.24) is 4.72 Å². The van der Waals surface area contributed by atoms with Crippen LogP contribution in [0, 0.1) is 0 Å². The van der Waals surface area contributed by atoms with E-state index < -0.39 is 30.6 Å². The molecule has 0 aromatic carbocycles. The number of sulfone groups is 1. The van der Waals surface area contributed by atoms with Gasteiger partial charge in [-0.15, -0.1) is 0 Å². The fourth-order valence-electron chi connectivity index (χ4n) is 2.45. The second kappa shape index (κ2) is 5.28. The molecular formula is C10H19NO6S2. The van der Waals surface area contributed by atoms with Crippen molar-refractivity contribution >= 4 is 19.9 Å². The third kappa shape index (κ3) is 3.46. The lowest BCUT2D eigenvalue weighted by Gasteiger charge is -2.36. The van der Waals surface area contributed by atoms with Gasteiger partial charge in [-0.2, -0.15) is 0 Å². The van der Waals surface area contributed by atoms with E-state index in [1.165, 1.54) is 0 Å². The molecule has 7 nitrogen and oxygen atoms in total. The van der Waals surface area contributed by atoms with Gasteiger partial charge in [0.05, 0.1) is 28.9 Å². The summed E-state index contributed by atoms with van der Waals surface area (Å²) in [6, 6.07) is 0. The van der Waals surface area contributed by atoms with Crippen LogP contribution in [0.3, 0.4) is 0 Å². The Morgan fingerprint density at radius 1 is 1.32 bits per heavy atom. The molecule has 0 saturated carbocycles. The Labute approximate surface area is 113 Å². The van der Waals surface area contributed by atoms with Gasteiger partial charge >= 0.3 is 0 Å². The number of hydrogen-bond donors (Lipinski definition) is 2. The lowest BCUT2D eigenvalue weighted by atomic mass is 9.93. The number of nitrogens with one attached hydrogen (secondary N) is 1. The fourth-order valence-corrected chi connectivity index (χ4v) is 6.94. The van der Waals surface area contributed by atoms with Crippen LogP contribution in [0.4, 0.5) is 0 Å². The third-order valence-electron chi connectivity index (χ3n) is 3.74. The smallest absolute Gasteiger partial charge is 0.216 e. The Bertz CT molecular complexity index is 520. The van der Waals surface area contributed by atoms with Gasteiger partial charge in [-0.3, -0.25) is 0 Å². The summed E-state index contributed by atoms with van der Waals surface area (Å²) in [5.41, 5.74) is -0.913. The van der Waals surface area contributed by atoms with Crippen LogP contribution in [0.25, 0.3) is 0 Å². The quantitative estimate of drug-likeness (QED) is 0.663. The van der Waals surface area contributed by atoms with Gasteiger partial charge in [0, 0.05) is 13.2 Å². The molecule has 0 aliphatic carbocycles. The third-order valence-corrected chi connectivity index (χ3v) is 7.72. The van der Waals surface area contributed by atoms with Crippen LogP contribution in [0.1, 0.15) is 19.3 Å². The predicted molar refractivity (Wildman–Crippen MR) is 69.0 cm³/mol. The van der Waals surface area contributed by atoms with Gasteiger partial charge in [0.25, 0.3) is 0 Å². The average molecular weight is 313 g/mol. The number of aliphatic hydroxyl groups excluding tert-OH is 1. The molecule has 1 unspecified atom stereocenters. The summed E-state index contributed by atoms with van der Waals surface area (Å²) in [4.78, 5) is 0. The highest BCUT2D eigenvalue weighted by Gasteiger charge is 2.42. The lowest BCUT2D eigenvalue weighted by Crippen LogP contribution is -2.56. The second-order valence-corrected chi connectivity index (χ2v) is 9.41. The van der Waals surface area contributed by atoms with E-state index in [4.69, 9.17) is 4.74 Å². The van der Waals surface area contributed by atoms with E-state index in [2.05, 4.69) is 4.72 Å². The summed E-state index contributed by atoms with van der Waals surface area (Å²) < 4.78 is 54.9. The van der Waals surface area contributed by atoms with Gasteiger partial charge in [0.1, 0.15) is 0 Å². The SMILES string of the molecule is O=S1(=O)CCC(S(=O)(=O)NC2(CO)CCOCC2)C1. The average Bonchev–Trinajstić information content (AvgIpc) is 2.71. The van der Waals surface area contributed by atoms with E-state index in [-0.39, 0.29) is 24.5 Å². The molecule has 2 fully saturated rings. The first-order valence-electron chi connectivity index (χ1n) is 6.20. The Kier molecular flexibility index (Phi) is 4.22. The molecule has 0 bridgehead atoms. The highest BCUT2D eigenvalue weighted by atomic mass is 32.2. The molecule has 0 radical (unpaired) electrons. The maximum Gasteiger partial charge on any atom is 0.216 e. The van der Waals surface area contributed by atoms with E-state index in [1.54, 1.807) is 0 Å². The molecule has 2 saturated heterocycles. The zero-order valence-electron chi connectivity index (χ0n) is 10.5. The Morgan fingerprint density at radius 3 is 2.42 bits per heavy atom. The van der Waals surface area contributed by atoms with E-state index in [9.17, 15) is 21.9 Å². The number of ether oxygens (including phenoxy) is 1. The monoisotopic (exact) mass is 313 g/mol. The van der Waals surface area contributed by atoms with Gasteiger partial charge in [0.2, 0.25) is 10.0 Å². The van der Waals surface area contributed by atoms with Crippen LogP contribution in [0.5, 0.6) is 0 Å². The van der Waals surface area contributed by atoms with Crippen molar-refractivity contribution in [2.24, 2.45) is 0 Å². The van der Waals surface area contributed by atoms with E-state index in [1.807, 2.05) is 0 Å². The molecule has 9 heteroatoms. The summed E-state index contributed by atoms with van der Waals surface area (Å²) in [6.07, 6.45) is 0.903. The predicted octanol–water partition coefficient (Wildman–Crippen LogP) is -1.37. The molecule has 0 spiro atoms. The van der Waals surface area contributed by atoms with Gasteiger partial charge in [-0.05, 0) is 19.3 Å². The molecule has 2 heterocycles. The number of hydrogen-bond acceptors (Lipinski definition) is 6. The first kappa shape index (κ1) is 15.2. The molecule has 0 aromatic heterocycles.